The number of hydrogen-bond acceptors (Lipinski definition) is 3. The molecular formula is C14H17NO3. The van der Waals surface area contributed by atoms with Crippen molar-refractivity contribution in [3.05, 3.63) is 29.3 Å². The summed E-state index contributed by atoms with van der Waals surface area (Å²) in [5.41, 5.74) is 2.77. The Balaban J connectivity index is 1.58. The maximum atomic E-state index is 11.7. The number of aryl methyl sites for hydroxylation is 2. The van der Waals surface area contributed by atoms with E-state index >= 15 is 0 Å². The summed E-state index contributed by atoms with van der Waals surface area (Å²) in [6.07, 6.45) is 4.41. The number of hydrogen-bond donors (Lipinski definition) is 0. The Bertz CT molecular complexity index is 452. The molecule has 1 saturated heterocycles. The zero-order valence-corrected chi connectivity index (χ0v) is 10.4. The molecule has 1 heterocycles. The van der Waals surface area contributed by atoms with Gasteiger partial charge in [0.1, 0.15) is 5.75 Å². The number of carbonyl (C=O) groups excluding carboxylic acids is 1. The first kappa shape index (κ1) is 11.5. The van der Waals surface area contributed by atoms with Crippen LogP contribution in [0.5, 0.6) is 5.75 Å². The van der Waals surface area contributed by atoms with Crippen LogP contribution in [0.3, 0.4) is 0 Å². The summed E-state index contributed by atoms with van der Waals surface area (Å²) in [7, 11) is 0. The zero-order valence-electron chi connectivity index (χ0n) is 10.4. The van der Waals surface area contributed by atoms with E-state index in [-0.39, 0.29) is 12.5 Å². The highest BCUT2D eigenvalue weighted by molar-refractivity contribution is 5.76. The van der Waals surface area contributed by atoms with E-state index in [1.54, 1.807) is 0 Å². The van der Waals surface area contributed by atoms with Gasteiger partial charge in [-0.25, -0.2) is 5.06 Å². The molecule has 4 heteroatoms. The van der Waals surface area contributed by atoms with E-state index in [0.29, 0.717) is 13.2 Å². The van der Waals surface area contributed by atoms with E-state index in [4.69, 9.17) is 9.57 Å². The van der Waals surface area contributed by atoms with E-state index in [9.17, 15) is 4.79 Å². The number of benzene rings is 1. The summed E-state index contributed by atoms with van der Waals surface area (Å²) in [5.74, 6) is 0.677. The fourth-order valence-corrected chi connectivity index (χ4v) is 2.50. The average molecular weight is 247 g/mol. The summed E-state index contributed by atoms with van der Waals surface area (Å²) in [6.45, 7) is 1.36. The molecule has 1 aromatic carbocycles. The molecule has 0 spiro atoms. The monoisotopic (exact) mass is 247 g/mol. The van der Waals surface area contributed by atoms with Crippen LogP contribution in [0.25, 0.3) is 0 Å². The van der Waals surface area contributed by atoms with Crippen LogP contribution in [0.1, 0.15) is 24.0 Å². The van der Waals surface area contributed by atoms with Gasteiger partial charge in [0.15, 0.2) is 6.61 Å². The van der Waals surface area contributed by atoms with Crippen molar-refractivity contribution in [2.75, 3.05) is 19.8 Å². The molecule has 0 atom stereocenters. The lowest BCUT2D eigenvalue weighted by atomic mass is 10.1. The van der Waals surface area contributed by atoms with Gasteiger partial charge in [-0.3, -0.25) is 9.63 Å². The van der Waals surface area contributed by atoms with E-state index in [1.165, 1.54) is 22.6 Å². The van der Waals surface area contributed by atoms with E-state index in [0.717, 1.165) is 25.0 Å². The van der Waals surface area contributed by atoms with Crippen molar-refractivity contribution in [2.45, 2.75) is 25.7 Å². The summed E-state index contributed by atoms with van der Waals surface area (Å²) in [5, 5.41) is 1.40. The van der Waals surface area contributed by atoms with Gasteiger partial charge in [-0.1, -0.05) is 6.07 Å². The van der Waals surface area contributed by atoms with E-state index in [1.807, 2.05) is 6.07 Å². The van der Waals surface area contributed by atoms with Crippen LogP contribution in [0.2, 0.25) is 0 Å². The highest BCUT2D eigenvalue weighted by Gasteiger charge is 2.20. The quantitative estimate of drug-likeness (QED) is 0.816. The molecule has 0 radical (unpaired) electrons. The molecule has 0 N–H and O–H groups in total. The summed E-state index contributed by atoms with van der Waals surface area (Å²) >= 11 is 0. The summed E-state index contributed by atoms with van der Waals surface area (Å²) in [6, 6.07) is 6.11. The maximum absolute atomic E-state index is 11.7. The third-order valence-corrected chi connectivity index (χ3v) is 3.46. The Morgan fingerprint density at radius 1 is 1.28 bits per heavy atom. The Labute approximate surface area is 106 Å². The van der Waals surface area contributed by atoms with E-state index in [2.05, 4.69) is 12.1 Å². The number of hydroxylamine groups is 2. The molecule has 0 saturated carbocycles. The minimum Gasteiger partial charge on any atom is -0.484 e. The molecule has 1 aliphatic heterocycles. The number of rotatable bonds is 3. The Kier molecular flexibility index (Phi) is 3.19. The molecule has 3 rings (SSSR count). The van der Waals surface area contributed by atoms with Gasteiger partial charge in [0, 0.05) is 0 Å². The Hall–Kier alpha value is -1.55. The fourth-order valence-electron chi connectivity index (χ4n) is 2.50. The number of fused-ring (bicyclic) bond motifs is 1. The molecule has 18 heavy (non-hydrogen) atoms. The van der Waals surface area contributed by atoms with Crippen molar-refractivity contribution in [1.29, 1.82) is 0 Å². The first-order valence-electron chi connectivity index (χ1n) is 6.51. The van der Waals surface area contributed by atoms with Crippen LogP contribution in [0.15, 0.2) is 18.2 Å². The van der Waals surface area contributed by atoms with Crippen molar-refractivity contribution < 1.29 is 14.4 Å². The second kappa shape index (κ2) is 4.98. The van der Waals surface area contributed by atoms with Gasteiger partial charge in [-0.2, -0.15) is 0 Å². The molecule has 1 amide bonds. The first-order chi connectivity index (χ1) is 8.83. The van der Waals surface area contributed by atoms with Gasteiger partial charge >= 0.3 is 0 Å². The average Bonchev–Trinajstić information content (AvgIpc) is 3.05. The molecule has 4 nitrogen and oxygen atoms in total. The van der Waals surface area contributed by atoms with Gasteiger partial charge in [-0.15, -0.1) is 0 Å². The first-order valence-corrected chi connectivity index (χ1v) is 6.51. The Morgan fingerprint density at radius 3 is 3.00 bits per heavy atom. The van der Waals surface area contributed by atoms with Crippen LogP contribution in [-0.4, -0.2) is 30.7 Å². The second-order valence-electron chi connectivity index (χ2n) is 4.76. The molecule has 96 valence electrons. The smallest absolute Gasteiger partial charge is 0.283 e. The Morgan fingerprint density at radius 2 is 2.17 bits per heavy atom. The van der Waals surface area contributed by atoms with Gasteiger partial charge in [0.05, 0.1) is 13.2 Å². The lowest BCUT2D eigenvalue weighted by molar-refractivity contribution is -0.170. The summed E-state index contributed by atoms with van der Waals surface area (Å²) in [4.78, 5) is 16.9. The van der Waals surface area contributed by atoms with Crippen LogP contribution < -0.4 is 4.74 Å². The molecule has 1 fully saturated rings. The zero-order chi connectivity index (χ0) is 12.4. The van der Waals surface area contributed by atoms with Gasteiger partial charge in [0.25, 0.3) is 5.91 Å². The van der Waals surface area contributed by atoms with Crippen molar-refractivity contribution in [2.24, 2.45) is 0 Å². The van der Waals surface area contributed by atoms with Crippen LogP contribution in [-0.2, 0) is 22.5 Å². The SMILES string of the molecule is O=C(COc1ccc2c(c1)CCC2)N1CCCO1. The molecule has 0 bridgehead atoms. The number of carbonyl (C=O) groups is 1. The predicted molar refractivity (Wildman–Crippen MR) is 66.2 cm³/mol. The van der Waals surface area contributed by atoms with Gasteiger partial charge < -0.3 is 4.74 Å². The molecule has 2 aliphatic rings. The highest BCUT2D eigenvalue weighted by Crippen LogP contribution is 2.26. The third kappa shape index (κ3) is 2.34. The van der Waals surface area contributed by atoms with Crippen LogP contribution in [0, 0.1) is 0 Å². The minimum absolute atomic E-state index is 0.0544. The second-order valence-corrected chi connectivity index (χ2v) is 4.76. The molecule has 0 aromatic heterocycles. The normalized spacial score (nSPS) is 17.9. The van der Waals surface area contributed by atoms with Gasteiger partial charge in [0.2, 0.25) is 0 Å². The lowest BCUT2D eigenvalue weighted by Crippen LogP contribution is -2.31. The number of nitrogens with zero attached hydrogens (tertiary/aromatic N) is 1. The largest absolute Gasteiger partial charge is 0.484 e. The molecular weight excluding hydrogens is 230 g/mol. The third-order valence-electron chi connectivity index (χ3n) is 3.46. The molecule has 1 aliphatic carbocycles. The van der Waals surface area contributed by atoms with E-state index < -0.39 is 0 Å². The van der Waals surface area contributed by atoms with Crippen molar-refractivity contribution in [1.82, 2.24) is 5.06 Å². The highest BCUT2D eigenvalue weighted by atomic mass is 16.7. The fraction of sp³-hybridized carbons (Fsp3) is 0.500. The lowest BCUT2D eigenvalue weighted by Gasteiger charge is -2.14. The maximum Gasteiger partial charge on any atom is 0.283 e. The number of ether oxygens (including phenoxy) is 1. The molecule has 0 unspecified atom stereocenters. The topological polar surface area (TPSA) is 38.8 Å². The summed E-state index contributed by atoms with van der Waals surface area (Å²) < 4.78 is 5.53. The predicted octanol–water partition coefficient (Wildman–Crippen LogP) is 1.72. The van der Waals surface area contributed by atoms with Crippen molar-refractivity contribution in [3.63, 3.8) is 0 Å². The van der Waals surface area contributed by atoms with Crippen molar-refractivity contribution in [3.8, 4) is 5.75 Å². The van der Waals surface area contributed by atoms with Crippen molar-refractivity contribution >= 4 is 5.91 Å². The molecule has 1 aromatic rings. The van der Waals surface area contributed by atoms with Gasteiger partial charge in [-0.05, 0) is 48.9 Å². The van der Waals surface area contributed by atoms with Crippen LogP contribution >= 0.6 is 0 Å². The minimum atomic E-state index is -0.104. The number of amides is 1. The standard InChI is InChI=1S/C14H17NO3/c16-14(15-7-2-8-18-15)10-17-13-6-5-11-3-1-4-12(11)9-13/h5-6,9H,1-4,7-8,10H2. The van der Waals surface area contributed by atoms with Crippen LogP contribution in [0.4, 0.5) is 0 Å².